The number of carbonyl (C=O) groups excluding carboxylic acids is 1. The minimum atomic E-state index is -0.297. The Kier molecular flexibility index (Phi) is 4.93. The Morgan fingerprint density at radius 2 is 1.96 bits per heavy atom. The van der Waals surface area contributed by atoms with Crippen LogP contribution >= 0.6 is 22.9 Å². The highest BCUT2D eigenvalue weighted by atomic mass is 35.5. The van der Waals surface area contributed by atoms with E-state index in [1.807, 2.05) is 31.2 Å². The average Bonchev–Trinajstić information content (AvgIpc) is 3.11. The second kappa shape index (κ2) is 7.53. The first-order valence-electron chi connectivity index (χ1n) is 8.50. The summed E-state index contributed by atoms with van der Waals surface area (Å²) in [6.07, 6.45) is 0. The van der Waals surface area contributed by atoms with Gasteiger partial charge in [-0.25, -0.2) is 4.98 Å². The summed E-state index contributed by atoms with van der Waals surface area (Å²) < 4.78 is 1.26. The maximum Gasteiger partial charge on any atom is 0.275 e. The summed E-state index contributed by atoms with van der Waals surface area (Å²) in [6, 6.07) is 15.9. The minimum Gasteiger partial charge on any atom is -0.346 e. The molecule has 0 saturated heterocycles. The number of rotatable bonds is 4. The zero-order valence-electron chi connectivity index (χ0n) is 14.8. The van der Waals surface area contributed by atoms with Crippen molar-refractivity contribution in [3.63, 3.8) is 0 Å². The van der Waals surface area contributed by atoms with Crippen molar-refractivity contribution in [1.29, 1.82) is 0 Å². The summed E-state index contributed by atoms with van der Waals surface area (Å²) in [4.78, 5) is 29.6. The van der Waals surface area contributed by atoms with Crippen LogP contribution in [-0.4, -0.2) is 20.5 Å². The Hall–Kier alpha value is -3.03. The standard InChI is InChI=1S/C20H15ClN4O2S/c1-12-5-7-13(8-6-12)18(27)22-11-16-10-17(26)25-20(23-16)28-19(24-25)14-3-2-4-15(21)9-14/h2-10H,11H2,1H3,(H,22,27). The van der Waals surface area contributed by atoms with E-state index in [0.717, 1.165) is 11.1 Å². The normalized spacial score (nSPS) is 10.9. The maximum atomic E-state index is 12.4. The number of amides is 1. The van der Waals surface area contributed by atoms with E-state index in [1.165, 1.54) is 21.9 Å². The topological polar surface area (TPSA) is 76.4 Å². The van der Waals surface area contributed by atoms with Gasteiger partial charge in [0.25, 0.3) is 11.5 Å². The monoisotopic (exact) mass is 410 g/mol. The van der Waals surface area contributed by atoms with Gasteiger partial charge < -0.3 is 5.32 Å². The van der Waals surface area contributed by atoms with Crippen molar-refractivity contribution < 1.29 is 4.79 Å². The van der Waals surface area contributed by atoms with E-state index in [9.17, 15) is 9.59 Å². The van der Waals surface area contributed by atoms with E-state index in [1.54, 1.807) is 24.3 Å². The van der Waals surface area contributed by atoms with E-state index in [0.29, 0.717) is 26.2 Å². The Bertz CT molecular complexity index is 1230. The molecule has 6 nitrogen and oxygen atoms in total. The van der Waals surface area contributed by atoms with Crippen LogP contribution in [0.1, 0.15) is 21.6 Å². The van der Waals surface area contributed by atoms with Crippen LogP contribution in [0.5, 0.6) is 0 Å². The van der Waals surface area contributed by atoms with Gasteiger partial charge in [-0.3, -0.25) is 9.59 Å². The van der Waals surface area contributed by atoms with Crippen molar-refractivity contribution in [3.05, 3.63) is 86.8 Å². The van der Waals surface area contributed by atoms with E-state index in [-0.39, 0.29) is 18.0 Å². The molecular formula is C20H15ClN4O2S. The van der Waals surface area contributed by atoms with E-state index in [4.69, 9.17) is 11.6 Å². The van der Waals surface area contributed by atoms with E-state index in [2.05, 4.69) is 15.4 Å². The van der Waals surface area contributed by atoms with Gasteiger partial charge in [0.05, 0.1) is 12.2 Å². The maximum absolute atomic E-state index is 12.4. The number of hydrogen-bond donors (Lipinski definition) is 1. The third-order valence-corrected chi connectivity index (χ3v) is 5.31. The number of nitrogens with zero attached hydrogens (tertiary/aromatic N) is 3. The fourth-order valence-corrected chi connectivity index (χ4v) is 3.77. The van der Waals surface area contributed by atoms with Gasteiger partial charge in [-0.1, -0.05) is 52.8 Å². The van der Waals surface area contributed by atoms with E-state index >= 15 is 0 Å². The van der Waals surface area contributed by atoms with Crippen LogP contribution in [0.25, 0.3) is 15.5 Å². The lowest BCUT2D eigenvalue weighted by Gasteiger charge is -2.05. The highest BCUT2D eigenvalue weighted by molar-refractivity contribution is 7.19. The van der Waals surface area contributed by atoms with Crippen LogP contribution < -0.4 is 10.9 Å². The Labute approximate surface area is 169 Å². The van der Waals surface area contributed by atoms with Crippen molar-refractivity contribution in [1.82, 2.24) is 19.9 Å². The Balaban J connectivity index is 1.58. The third-order valence-electron chi connectivity index (χ3n) is 4.11. The lowest BCUT2D eigenvalue weighted by Crippen LogP contribution is -2.25. The number of benzene rings is 2. The van der Waals surface area contributed by atoms with Gasteiger partial charge in [-0.05, 0) is 31.2 Å². The fourth-order valence-electron chi connectivity index (χ4n) is 2.66. The number of hydrogen-bond acceptors (Lipinski definition) is 5. The van der Waals surface area contributed by atoms with Crippen LogP contribution in [0.2, 0.25) is 5.02 Å². The molecule has 4 aromatic rings. The van der Waals surface area contributed by atoms with Crippen molar-refractivity contribution in [2.45, 2.75) is 13.5 Å². The first-order chi connectivity index (χ1) is 13.5. The number of aromatic nitrogens is 3. The van der Waals surface area contributed by atoms with Crippen molar-refractivity contribution in [2.75, 3.05) is 0 Å². The summed E-state index contributed by atoms with van der Waals surface area (Å²) in [6.45, 7) is 2.11. The first kappa shape index (κ1) is 18.3. The predicted octanol–water partition coefficient (Wildman–Crippen LogP) is 3.71. The molecule has 140 valence electrons. The summed E-state index contributed by atoms with van der Waals surface area (Å²) in [7, 11) is 0. The quantitative estimate of drug-likeness (QED) is 0.556. The first-order valence-corrected chi connectivity index (χ1v) is 9.70. The molecule has 0 aliphatic carbocycles. The molecule has 0 aliphatic rings. The molecule has 8 heteroatoms. The molecule has 0 bridgehead atoms. The third kappa shape index (κ3) is 3.81. The average molecular weight is 411 g/mol. The SMILES string of the molecule is Cc1ccc(C(=O)NCc2cc(=O)n3nc(-c4cccc(Cl)c4)sc3n2)cc1. The van der Waals surface area contributed by atoms with E-state index < -0.39 is 0 Å². The highest BCUT2D eigenvalue weighted by Crippen LogP contribution is 2.26. The summed E-state index contributed by atoms with van der Waals surface area (Å²) >= 11 is 7.32. The molecule has 2 aromatic heterocycles. The number of carbonyl (C=O) groups is 1. The molecule has 0 spiro atoms. The van der Waals surface area contributed by atoms with Gasteiger partial charge in [-0.2, -0.15) is 9.61 Å². The van der Waals surface area contributed by atoms with Crippen molar-refractivity contribution in [3.8, 4) is 10.6 Å². The fraction of sp³-hybridized carbons (Fsp3) is 0.100. The Morgan fingerprint density at radius 1 is 1.18 bits per heavy atom. The molecule has 4 rings (SSSR count). The Morgan fingerprint density at radius 3 is 2.71 bits per heavy atom. The second-order valence-corrected chi connectivity index (χ2v) is 7.64. The molecule has 2 aromatic carbocycles. The number of fused-ring (bicyclic) bond motifs is 1. The lowest BCUT2D eigenvalue weighted by atomic mass is 10.1. The molecule has 0 unspecified atom stereocenters. The lowest BCUT2D eigenvalue weighted by molar-refractivity contribution is 0.0950. The molecule has 0 atom stereocenters. The molecule has 0 aliphatic heterocycles. The minimum absolute atomic E-state index is 0.156. The smallest absolute Gasteiger partial charge is 0.275 e. The van der Waals surface area contributed by atoms with Gasteiger partial charge in [0.15, 0.2) is 0 Å². The molecule has 0 fully saturated rings. The van der Waals surface area contributed by atoms with Crippen LogP contribution in [0, 0.1) is 6.92 Å². The number of aryl methyl sites for hydroxylation is 1. The second-order valence-electron chi connectivity index (χ2n) is 6.25. The van der Waals surface area contributed by atoms with Crippen molar-refractivity contribution in [2.24, 2.45) is 0 Å². The molecule has 0 radical (unpaired) electrons. The van der Waals surface area contributed by atoms with Crippen LogP contribution in [0.15, 0.2) is 59.4 Å². The number of nitrogens with one attached hydrogen (secondary N) is 1. The highest BCUT2D eigenvalue weighted by Gasteiger charge is 2.12. The van der Waals surface area contributed by atoms with Gasteiger partial charge >= 0.3 is 0 Å². The van der Waals surface area contributed by atoms with Crippen LogP contribution in [0.3, 0.4) is 0 Å². The van der Waals surface area contributed by atoms with Crippen LogP contribution in [0.4, 0.5) is 0 Å². The zero-order valence-corrected chi connectivity index (χ0v) is 16.4. The molecular weight excluding hydrogens is 396 g/mol. The van der Waals surface area contributed by atoms with Crippen LogP contribution in [-0.2, 0) is 6.54 Å². The van der Waals surface area contributed by atoms with Gasteiger partial charge in [0, 0.05) is 22.2 Å². The van der Waals surface area contributed by atoms with Crippen molar-refractivity contribution >= 4 is 33.8 Å². The largest absolute Gasteiger partial charge is 0.346 e. The molecule has 1 N–H and O–H groups in total. The molecule has 28 heavy (non-hydrogen) atoms. The summed E-state index contributed by atoms with van der Waals surface area (Å²) in [5.41, 5.74) is 2.64. The predicted molar refractivity (Wildman–Crippen MR) is 110 cm³/mol. The molecule has 0 saturated carbocycles. The summed E-state index contributed by atoms with van der Waals surface area (Å²) in [5.74, 6) is -0.217. The summed E-state index contributed by atoms with van der Waals surface area (Å²) in [5, 5.41) is 8.36. The molecule has 1 amide bonds. The number of halogens is 1. The van der Waals surface area contributed by atoms with Gasteiger partial charge in [0.2, 0.25) is 4.96 Å². The zero-order chi connectivity index (χ0) is 19.7. The molecule has 2 heterocycles. The van der Waals surface area contributed by atoms with Gasteiger partial charge in [-0.15, -0.1) is 0 Å². The van der Waals surface area contributed by atoms with Gasteiger partial charge in [0.1, 0.15) is 5.01 Å².